The molecule has 0 bridgehead atoms. The average molecular weight is 331 g/mol. The van der Waals surface area contributed by atoms with Crippen LogP contribution >= 0.6 is 0 Å². The van der Waals surface area contributed by atoms with E-state index in [0.29, 0.717) is 24.4 Å². The Hall–Kier alpha value is -2.83. The highest BCUT2D eigenvalue weighted by molar-refractivity contribution is 6.03. The maximum Gasteiger partial charge on any atom is 0.333 e. The molecule has 2 rings (SSSR count). The predicted molar refractivity (Wildman–Crippen MR) is 92.7 cm³/mol. The van der Waals surface area contributed by atoms with E-state index in [9.17, 15) is 14.7 Å². The van der Waals surface area contributed by atoms with Gasteiger partial charge in [-0.05, 0) is 37.6 Å². The quantitative estimate of drug-likeness (QED) is 0.845. The van der Waals surface area contributed by atoms with Crippen molar-refractivity contribution in [2.24, 2.45) is 19.1 Å². The van der Waals surface area contributed by atoms with Crippen LogP contribution in [0.5, 0.6) is 11.6 Å². The van der Waals surface area contributed by atoms with Gasteiger partial charge in [-0.2, -0.15) is 0 Å². The van der Waals surface area contributed by atoms with Gasteiger partial charge in [0.25, 0.3) is 5.56 Å². The molecule has 0 unspecified atom stereocenters. The number of aromatic hydroxyl groups is 1. The molecular formula is C17H21N3O4. The molecule has 0 radical (unpaired) electrons. The second-order valence-corrected chi connectivity index (χ2v) is 5.24. The highest BCUT2D eigenvalue weighted by atomic mass is 16.5. The fourth-order valence-electron chi connectivity index (χ4n) is 2.34. The molecule has 2 aromatic rings. The van der Waals surface area contributed by atoms with E-state index >= 15 is 0 Å². The van der Waals surface area contributed by atoms with Crippen LogP contribution in [0.4, 0.5) is 5.69 Å². The minimum Gasteiger partial charge on any atom is -0.494 e. The molecule has 0 aliphatic heterocycles. The molecule has 0 saturated heterocycles. The lowest BCUT2D eigenvalue weighted by Gasteiger charge is -2.11. The van der Waals surface area contributed by atoms with Crippen molar-refractivity contribution in [1.82, 2.24) is 9.13 Å². The Morgan fingerprint density at radius 1 is 1.12 bits per heavy atom. The Balaban J connectivity index is 2.57. The summed E-state index contributed by atoms with van der Waals surface area (Å²) in [5.41, 5.74) is -0.0747. The van der Waals surface area contributed by atoms with Crippen molar-refractivity contribution in [1.29, 1.82) is 0 Å². The summed E-state index contributed by atoms with van der Waals surface area (Å²) in [6.45, 7) is 4.31. The molecule has 0 spiro atoms. The van der Waals surface area contributed by atoms with Crippen molar-refractivity contribution in [2.75, 3.05) is 6.61 Å². The van der Waals surface area contributed by atoms with Crippen molar-refractivity contribution in [3.8, 4) is 11.6 Å². The summed E-state index contributed by atoms with van der Waals surface area (Å²) in [6.07, 6.45) is 0.425. The topological polar surface area (TPSA) is 85.8 Å². The Labute approximate surface area is 139 Å². The lowest BCUT2D eigenvalue weighted by Crippen LogP contribution is -2.40. The van der Waals surface area contributed by atoms with Crippen molar-refractivity contribution in [3.63, 3.8) is 0 Å². The second kappa shape index (κ2) is 7.16. The van der Waals surface area contributed by atoms with Crippen molar-refractivity contribution in [2.45, 2.75) is 20.3 Å². The van der Waals surface area contributed by atoms with Crippen LogP contribution in [0.25, 0.3) is 0 Å². The molecule has 0 aliphatic carbocycles. The molecule has 7 heteroatoms. The van der Waals surface area contributed by atoms with Gasteiger partial charge in [0, 0.05) is 14.1 Å². The first-order valence-corrected chi connectivity index (χ1v) is 7.70. The summed E-state index contributed by atoms with van der Waals surface area (Å²) in [5, 5.41) is 10.2. The number of hydrogen-bond donors (Lipinski definition) is 1. The van der Waals surface area contributed by atoms with Crippen LogP contribution in [0.15, 0.2) is 38.8 Å². The van der Waals surface area contributed by atoms with E-state index in [4.69, 9.17) is 4.74 Å². The maximum absolute atomic E-state index is 12.4. The van der Waals surface area contributed by atoms with Gasteiger partial charge in [0.2, 0.25) is 5.88 Å². The van der Waals surface area contributed by atoms with E-state index < -0.39 is 11.2 Å². The SMILES string of the molecule is CCOc1ccc(N=C(CC)c2c(O)n(C)c(=O)n(C)c2=O)cc1. The molecule has 1 aromatic carbocycles. The number of hydrogen-bond acceptors (Lipinski definition) is 5. The number of aromatic nitrogens is 2. The van der Waals surface area contributed by atoms with Crippen LogP contribution in [-0.2, 0) is 14.1 Å². The summed E-state index contributed by atoms with van der Waals surface area (Å²) < 4.78 is 7.36. The summed E-state index contributed by atoms with van der Waals surface area (Å²) in [5.74, 6) is 0.352. The van der Waals surface area contributed by atoms with E-state index in [0.717, 1.165) is 14.9 Å². The van der Waals surface area contributed by atoms with Gasteiger partial charge in [-0.25, -0.2) is 4.79 Å². The van der Waals surface area contributed by atoms with Gasteiger partial charge >= 0.3 is 5.69 Å². The largest absolute Gasteiger partial charge is 0.494 e. The third-order valence-electron chi connectivity index (χ3n) is 3.67. The number of benzene rings is 1. The van der Waals surface area contributed by atoms with E-state index in [1.165, 1.54) is 14.1 Å². The Morgan fingerprint density at radius 3 is 2.29 bits per heavy atom. The molecular weight excluding hydrogens is 310 g/mol. The first kappa shape index (κ1) is 17.5. The third kappa shape index (κ3) is 3.24. The number of nitrogens with zero attached hydrogens (tertiary/aromatic N) is 3. The zero-order valence-electron chi connectivity index (χ0n) is 14.2. The standard InChI is InChI=1S/C17H21N3O4/c1-5-13(18-11-7-9-12(10-8-11)24-6-2)14-15(21)19(3)17(23)20(4)16(14)22/h7-10,21H,5-6H2,1-4H3. The van der Waals surface area contributed by atoms with Crippen molar-refractivity contribution < 1.29 is 9.84 Å². The van der Waals surface area contributed by atoms with Gasteiger partial charge in [0.1, 0.15) is 11.3 Å². The van der Waals surface area contributed by atoms with Gasteiger partial charge in [-0.1, -0.05) is 6.92 Å². The molecule has 0 atom stereocenters. The Bertz CT molecular complexity index is 876. The molecule has 0 saturated carbocycles. The fraction of sp³-hybridized carbons (Fsp3) is 0.353. The number of ether oxygens (including phenoxy) is 1. The van der Waals surface area contributed by atoms with Gasteiger partial charge in [-0.15, -0.1) is 0 Å². The van der Waals surface area contributed by atoms with E-state index in [2.05, 4.69) is 4.99 Å². The molecule has 128 valence electrons. The number of rotatable bonds is 5. The summed E-state index contributed by atoms with van der Waals surface area (Å²) >= 11 is 0. The van der Waals surface area contributed by atoms with Crippen LogP contribution in [0.3, 0.4) is 0 Å². The minimum absolute atomic E-state index is 0.0379. The summed E-state index contributed by atoms with van der Waals surface area (Å²) in [6, 6.07) is 7.11. The van der Waals surface area contributed by atoms with E-state index in [1.54, 1.807) is 24.3 Å². The maximum atomic E-state index is 12.4. The minimum atomic E-state index is -0.585. The predicted octanol–water partition coefficient (Wildman–Crippen LogP) is 1.72. The zero-order chi connectivity index (χ0) is 17.9. The molecule has 24 heavy (non-hydrogen) atoms. The van der Waals surface area contributed by atoms with Crippen LogP contribution in [-0.4, -0.2) is 26.6 Å². The molecule has 0 amide bonds. The fourth-order valence-corrected chi connectivity index (χ4v) is 2.34. The Kier molecular flexibility index (Phi) is 5.23. The van der Waals surface area contributed by atoms with E-state index in [-0.39, 0.29) is 11.4 Å². The molecule has 0 fully saturated rings. The molecule has 1 N–H and O–H groups in total. The molecule has 0 aliphatic rings. The lowest BCUT2D eigenvalue weighted by molar-refractivity contribution is 0.340. The van der Waals surface area contributed by atoms with Gasteiger partial charge < -0.3 is 9.84 Å². The average Bonchev–Trinajstić information content (AvgIpc) is 2.59. The Morgan fingerprint density at radius 2 is 1.75 bits per heavy atom. The van der Waals surface area contributed by atoms with Crippen molar-refractivity contribution >= 4 is 11.4 Å². The first-order chi connectivity index (χ1) is 11.4. The smallest absolute Gasteiger partial charge is 0.333 e. The summed E-state index contributed by atoms with van der Waals surface area (Å²) in [4.78, 5) is 28.7. The van der Waals surface area contributed by atoms with Gasteiger partial charge in [0.15, 0.2) is 0 Å². The van der Waals surface area contributed by atoms with Gasteiger partial charge in [0.05, 0.1) is 18.0 Å². The highest BCUT2D eigenvalue weighted by Gasteiger charge is 2.19. The van der Waals surface area contributed by atoms with Crippen LogP contribution < -0.4 is 16.0 Å². The molecule has 7 nitrogen and oxygen atoms in total. The first-order valence-electron chi connectivity index (χ1n) is 7.70. The summed E-state index contributed by atoms with van der Waals surface area (Å²) in [7, 11) is 2.78. The normalized spacial score (nSPS) is 11.6. The third-order valence-corrected chi connectivity index (χ3v) is 3.67. The lowest BCUT2D eigenvalue weighted by atomic mass is 10.1. The van der Waals surface area contributed by atoms with Crippen LogP contribution in [0.2, 0.25) is 0 Å². The van der Waals surface area contributed by atoms with Crippen LogP contribution in [0.1, 0.15) is 25.8 Å². The second-order valence-electron chi connectivity index (χ2n) is 5.24. The molecule has 1 aromatic heterocycles. The monoisotopic (exact) mass is 331 g/mol. The van der Waals surface area contributed by atoms with E-state index in [1.807, 2.05) is 13.8 Å². The molecule has 1 heterocycles. The van der Waals surface area contributed by atoms with Crippen LogP contribution in [0, 0.1) is 0 Å². The van der Waals surface area contributed by atoms with Crippen molar-refractivity contribution in [3.05, 3.63) is 50.7 Å². The van der Waals surface area contributed by atoms with Gasteiger partial charge in [-0.3, -0.25) is 18.9 Å². The highest BCUT2D eigenvalue weighted by Crippen LogP contribution is 2.21. The number of aliphatic imine (C=N–C) groups is 1. The zero-order valence-corrected chi connectivity index (χ0v) is 14.2.